The Bertz CT molecular complexity index is 1210. The Hall–Kier alpha value is -3.66. The van der Waals surface area contributed by atoms with Gasteiger partial charge in [-0.05, 0) is 54.1 Å². The number of benzene rings is 2. The molecule has 2 aromatic carbocycles. The number of rotatable bonds is 7. The molecule has 1 aromatic heterocycles. The van der Waals surface area contributed by atoms with Gasteiger partial charge in [0.25, 0.3) is 5.91 Å². The number of amides is 1. The third-order valence-electron chi connectivity index (χ3n) is 6.33. The highest BCUT2D eigenvalue weighted by Crippen LogP contribution is 2.50. The molecule has 1 amide bonds. The van der Waals surface area contributed by atoms with Crippen molar-refractivity contribution in [3.8, 4) is 22.9 Å². The lowest BCUT2D eigenvalue weighted by atomic mass is 9.90. The minimum Gasteiger partial charge on any atom is -0.492 e. The molecule has 0 fully saturated rings. The van der Waals surface area contributed by atoms with Gasteiger partial charge in [0, 0.05) is 18.7 Å². The van der Waals surface area contributed by atoms with Crippen molar-refractivity contribution >= 4 is 5.91 Å². The minimum atomic E-state index is -0.306. The van der Waals surface area contributed by atoms with Crippen LogP contribution < -0.4 is 19.5 Å². The molecule has 5 rings (SSSR count). The number of para-hydroxylation sites is 1. The van der Waals surface area contributed by atoms with Crippen LogP contribution in [0.5, 0.6) is 17.2 Å². The Balaban J connectivity index is 1.61. The molecule has 1 N–H and O–H groups in total. The van der Waals surface area contributed by atoms with Crippen LogP contribution >= 0.6 is 0 Å². The summed E-state index contributed by atoms with van der Waals surface area (Å²) in [6.45, 7) is 3.67. The lowest BCUT2D eigenvalue weighted by Crippen LogP contribution is -2.35. The number of carbonyl (C=O) groups excluding carboxylic acids is 1. The van der Waals surface area contributed by atoms with Gasteiger partial charge in [-0.3, -0.25) is 9.69 Å². The second kappa shape index (κ2) is 9.30. The fourth-order valence-electron chi connectivity index (χ4n) is 4.62. The Kier molecular flexibility index (Phi) is 6.06. The maximum Gasteiger partial charge on any atom is 0.253 e. The van der Waals surface area contributed by atoms with E-state index in [-0.39, 0.29) is 18.7 Å². The van der Waals surface area contributed by atoms with E-state index in [2.05, 4.69) is 32.7 Å². The van der Waals surface area contributed by atoms with Crippen LogP contribution in [0.15, 0.2) is 30.3 Å². The second-order valence-corrected chi connectivity index (χ2v) is 8.43. The number of nitrogens with zero attached hydrogens (tertiary/aromatic N) is 5. The topological polar surface area (TPSA) is 104 Å². The van der Waals surface area contributed by atoms with E-state index in [0.717, 1.165) is 36.9 Å². The van der Waals surface area contributed by atoms with E-state index in [0.29, 0.717) is 40.9 Å². The second-order valence-electron chi connectivity index (χ2n) is 8.43. The lowest BCUT2D eigenvalue weighted by molar-refractivity contribution is 0.0953. The van der Waals surface area contributed by atoms with Gasteiger partial charge in [0.05, 0.1) is 18.4 Å². The number of hydrogen-bond donors (Lipinski definition) is 1. The van der Waals surface area contributed by atoms with E-state index >= 15 is 0 Å². The van der Waals surface area contributed by atoms with Crippen LogP contribution in [0.1, 0.15) is 53.1 Å². The van der Waals surface area contributed by atoms with Gasteiger partial charge in [-0.2, -0.15) is 4.68 Å². The number of aromatic nitrogens is 4. The zero-order valence-corrected chi connectivity index (χ0v) is 19.6. The van der Waals surface area contributed by atoms with Crippen LogP contribution in [0, 0.1) is 0 Å². The van der Waals surface area contributed by atoms with Crippen molar-refractivity contribution in [2.24, 2.45) is 0 Å². The molecule has 178 valence electrons. The summed E-state index contributed by atoms with van der Waals surface area (Å²) in [5.74, 6) is 2.35. The van der Waals surface area contributed by atoms with Gasteiger partial charge in [0.1, 0.15) is 6.04 Å². The van der Waals surface area contributed by atoms with E-state index in [9.17, 15) is 4.79 Å². The van der Waals surface area contributed by atoms with Crippen molar-refractivity contribution in [3.05, 3.63) is 52.8 Å². The molecule has 0 radical (unpaired) electrons. The van der Waals surface area contributed by atoms with Crippen molar-refractivity contribution in [1.82, 2.24) is 30.4 Å². The van der Waals surface area contributed by atoms with Gasteiger partial charge in [0.2, 0.25) is 12.5 Å². The molecular formula is C24H28N6O4. The van der Waals surface area contributed by atoms with Crippen LogP contribution in [0.4, 0.5) is 0 Å². The van der Waals surface area contributed by atoms with Gasteiger partial charge in [-0.15, -0.1) is 5.10 Å². The molecule has 10 heteroatoms. The fraction of sp³-hybridized carbons (Fsp3) is 0.417. The van der Waals surface area contributed by atoms with E-state index in [4.69, 9.17) is 14.2 Å². The Labute approximate surface area is 197 Å². The number of likely N-dealkylation sites (N-methyl/N-ethyl adjacent to an activating group) is 1. The minimum absolute atomic E-state index is 0.149. The average Bonchev–Trinajstić information content (AvgIpc) is 3.52. The van der Waals surface area contributed by atoms with Crippen LogP contribution in [-0.2, 0) is 6.42 Å². The first-order valence-corrected chi connectivity index (χ1v) is 11.5. The molecule has 34 heavy (non-hydrogen) atoms. The zero-order valence-electron chi connectivity index (χ0n) is 19.6. The monoisotopic (exact) mass is 464 g/mol. The fourth-order valence-corrected chi connectivity index (χ4v) is 4.62. The number of hydrogen-bond acceptors (Lipinski definition) is 8. The van der Waals surface area contributed by atoms with Crippen molar-refractivity contribution in [2.45, 2.75) is 32.2 Å². The zero-order chi connectivity index (χ0) is 23.7. The summed E-state index contributed by atoms with van der Waals surface area (Å²) in [5.41, 5.74) is 3.19. The summed E-state index contributed by atoms with van der Waals surface area (Å²) in [4.78, 5) is 15.1. The number of unbranched alkanes of at least 4 members (excludes halogenated alkanes) is 1. The summed E-state index contributed by atoms with van der Waals surface area (Å²) >= 11 is 0. The van der Waals surface area contributed by atoms with Crippen LogP contribution in [0.25, 0.3) is 5.69 Å². The first-order chi connectivity index (χ1) is 16.6. The predicted octanol–water partition coefficient (Wildman–Crippen LogP) is 2.51. The average molecular weight is 465 g/mol. The third kappa shape index (κ3) is 3.73. The molecule has 1 atom stereocenters. The highest BCUT2D eigenvalue weighted by molar-refractivity contribution is 5.97. The maximum absolute atomic E-state index is 13.0. The highest BCUT2D eigenvalue weighted by atomic mass is 16.7. The highest BCUT2D eigenvalue weighted by Gasteiger charge is 2.38. The van der Waals surface area contributed by atoms with Gasteiger partial charge in [0.15, 0.2) is 17.3 Å². The summed E-state index contributed by atoms with van der Waals surface area (Å²) in [6, 6.07) is 9.08. The number of tetrazole rings is 1. The van der Waals surface area contributed by atoms with Crippen molar-refractivity contribution < 1.29 is 19.0 Å². The van der Waals surface area contributed by atoms with Crippen molar-refractivity contribution in [3.63, 3.8) is 0 Å². The first kappa shape index (κ1) is 22.1. The van der Waals surface area contributed by atoms with Gasteiger partial charge < -0.3 is 19.5 Å². The quantitative estimate of drug-likeness (QED) is 0.532. The molecule has 0 saturated carbocycles. The third-order valence-corrected chi connectivity index (χ3v) is 6.33. The number of fused-ring (bicyclic) bond motifs is 2. The van der Waals surface area contributed by atoms with E-state index in [1.165, 1.54) is 0 Å². The Morgan fingerprint density at radius 2 is 2.15 bits per heavy atom. The number of nitrogens with one attached hydrogen (secondary N) is 1. The molecular weight excluding hydrogens is 436 g/mol. The molecule has 3 heterocycles. The molecule has 3 aromatic rings. The number of carbonyl (C=O) groups is 1. The largest absolute Gasteiger partial charge is 0.492 e. The molecule has 0 unspecified atom stereocenters. The van der Waals surface area contributed by atoms with Gasteiger partial charge in [-0.1, -0.05) is 25.5 Å². The Morgan fingerprint density at radius 1 is 1.29 bits per heavy atom. The van der Waals surface area contributed by atoms with E-state index < -0.39 is 0 Å². The van der Waals surface area contributed by atoms with Crippen molar-refractivity contribution in [1.29, 1.82) is 0 Å². The number of methoxy groups -OCH3 is 1. The molecule has 10 nitrogen and oxygen atoms in total. The number of ether oxygens (including phenoxy) is 3. The lowest BCUT2D eigenvalue weighted by Gasteiger charge is -2.34. The van der Waals surface area contributed by atoms with E-state index in [1.807, 2.05) is 31.3 Å². The molecule has 0 bridgehead atoms. The summed E-state index contributed by atoms with van der Waals surface area (Å²) < 4.78 is 18.8. The SMILES string of the molecule is CCCCNC(=O)c1ccccc1-n1nnnc1[C@H]1c2c(cc3c(c2OC)OCO3)CCN1C. The van der Waals surface area contributed by atoms with E-state index in [1.54, 1.807) is 17.9 Å². The molecule has 2 aliphatic heterocycles. The summed E-state index contributed by atoms with van der Waals surface area (Å²) in [7, 11) is 3.65. The van der Waals surface area contributed by atoms with Crippen LogP contribution in [0.2, 0.25) is 0 Å². The molecule has 0 saturated heterocycles. The molecule has 2 aliphatic rings. The Morgan fingerprint density at radius 3 is 2.97 bits per heavy atom. The van der Waals surface area contributed by atoms with Gasteiger partial charge in [-0.25, -0.2) is 0 Å². The standard InChI is InChI=1S/C24H28N6O4/c1-4-5-11-25-24(31)16-8-6-7-9-17(16)30-23(26-27-28-30)20-19-15(10-12-29(20)2)13-18-21(22(19)32-3)34-14-33-18/h6-9,13,20H,4-5,10-12,14H2,1-3H3,(H,25,31)/t20-/m1/s1. The normalized spacial score (nSPS) is 16.9. The van der Waals surface area contributed by atoms with Crippen LogP contribution in [0.3, 0.4) is 0 Å². The molecule has 0 spiro atoms. The van der Waals surface area contributed by atoms with Crippen molar-refractivity contribution in [2.75, 3.05) is 34.0 Å². The predicted molar refractivity (Wildman–Crippen MR) is 124 cm³/mol. The smallest absolute Gasteiger partial charge is 0.253 e. The van der Waals surface area contributed by atoms with Crippen LogP contribution in [-0.4, -0.2) is 65.1 Å². The molecule has 0 aliphatic carbocycles. The maximum atomic E-state index is 13.0. The first-order valence-electron chi connectivity index (χ1n) is 11.5. The summed E-state index contributed by atoms with van der Waals surface area (Å²) in [5, 5.41) is 15.7. The van der Waals surface area contributed by atoms with Gasteiger partial charge >= 0.3 is 0 Å². The summed E-state index contributed by atoms with van der Waals surface area (Å²) in [6.07, 6.45) is 2.75.